The number of methoxy groups -OCH3 is 1. The molecule has 5 heteroatoms. The normalized spacial score (nSPS) is 12.7. The van der Waals surface area contributed by atoms with Crippen molar-refractivity contribution < 1.29 is 13.9 Å². The van der Waals surface area contributed by atoms with Gasteiger partial charge in [0.15, 0.2) is 0 Å². The van der Waals surface area contributed by atoms with Gasteiger partial charge in [0.2, 0.25) is 5.91 Å². The van der Waals surface area contributed by atoms with Crippen LogP contribution in [0.1, 0.15) is 27.7 Å². The molecule has 0 saturated heterocycles. The molecule has 0 aromatic heterocycles. The molecule has 0 spiro atoms. The van der Waals surface area contributed by atoms with Crippen molar-refractivity contribution in [3.05, 3.63) is 24.0 Å². The summed E-state index contributed by atoms with van der Waals surface area (Å²) in [5.74, 6) is -0.136. The van der Waals surface area contributed by atoms with Gasteiger partial charge in [-0.25, -0.2) is 4.39 Å². The van der Waals surface area contributed by atoms with Crippen LogP contribution in [0.2, 0.25) is 0 Å². The van der Waals surface area contributed by atoms with Crippen LogP contribution in [0.3, 0.4) is 0 Å². The average molecular weight is 268 g/mol. The van der Waals surface area contributed by atoms with Gasteiger partial charge in [0.1, 0.15) is 17.6 Å². The van der Waals surface area contributed by atoms with Gasteiger partial charge in [0.25, 0.3) is 0 Å². The molecule has 0 saturated carbocycles. The van der Waals surface area contributed by atoms with Gasteiger partial charge in [0.05, 0.1) is 12.8 Å². The third kappa shape index (κ3) is 4.77. The summed E-state index contributed by atoms with van der Waals surface area (Å²) in [6, 6.07) is 3.70. The van der Waals surface area contributed by atoms with Crippen LogP contribution in [0, 0.1) is 5.82 Å². The van der Waals surface area contributed by atoms with Gasteiger partial charge in [-0.1, -0.05) is 0 Å². The van der Waals surface area contributed by atoms with Crippen LogP contribution in [-0.2, 0) is 4.79 Å². The zero-order valence-corrected chi connectivity index (χ0v) is 12.0. The summed E-state index contributed by atoms with van der Waals surface area (Å²) in [5, 5.41) is 5.88. The number of halogens is 1. The number of ether oxygens (including phenoxy) is 1. The smallest absolute Gasteiger partial charge is 0.242 e. The molecule has 1 amide bonds. The van der Waals surface area contributed by atoms with Gasteiger partial charge in [-0.05, 0) is 39.8 Å². The number of carbonyl (C=O) groups excluding carboxylic acids is 1. The second kappa shape index (κ2) is 5.91. The molecule has 0 heterocycles. The Morgan fingerprint density at radius 1 is 1.37 bits per heavy atom. The Bertz CT molecular complexity index is 455. The fourth-order valence-electron chi connectivity index (χ4n) is 1.56. The van der Waals surface area contributed by atoms with Crippen LogP contribution < -0.4 is 15.4 Å². The van der Waals surface area contributed by atoms with Gasteiger partial charge in [-0.15, -0.1) is 0 Å². The zero-order chi connectivity index (χ0) is 14.6. The van der Waals surface area contributed by atoms with Gasteiger partial charge >= 0.3 is 0 Å². The Morgan fingerprint density at radius 2 is 2.00 bits per heavy atom. The Balaban J connectivity index is 2.76. The summed E-state index contributed by atoms with van der Waals surface area (Å²) in [6.45, 7) is 7.48. The number of hydrogen-bond donors (Lipinski definition) is 2. The van der Waals surface area contributed by atoms with E-state index >= 15 is 0 Å². The lowest BCUT2D eigenvalue weighted by Crippen LogP contribution is -2.47. The van der Waals surface area contributed by atoms with E-state index in [0.717, 1.165) is 0 Å². The molecule has 0 aliphatic rings. The topological polar surface area (TPSA) is 50.4 Å². The first kappa shape index (κ1) is 15.3. The maximum absolute atomic E-state index is 13.1. The SMILES string of the molecule is COc1cc(F)ccc1NC(C)C(=O)NC(C)(C)C. The van der Waals surface area contributed by atoms with Crippen molar-refractivity contribution in [3.8, 4) is 5.75 Å². The molecule has 1 rings (SSSR count). The van der Waals surface area contributed by atoms with E-state index < -0.39 is 6.04 Å². The standard InChI is InChI=1S/C14H21FN2O2/c1-9(13(18)17-14(2,3)4)16-11-7-6-10(15)8-12(11)19-5/h6-9,16H,1-5H3,(H,17,18). The highest BCUT2D eigenvalue weighted by Crippen LogP contribution is 2.25. The van der Waals surface area contributed by atoms with Crippen LogP contribution in [-0.4, -0.2) is 24.6 Å². The Labute approximate surface area is 113 Å². The summed E-state index contributed by atoms with van der Waals surface area (Å²) >= 11 is 0. The number of rotatable bonds is 4. The van der Waals surface area contributed by atoms with E-state index in [1.165, 1.54) is 19.2 Å². The van der Waals surface area contributed by atoms with Crippen molar-refractivity contribution in [1.82, 2.24) is 5.32 Å². The van der Waals surface area contributed by atoms with E-state index in [-0.39, 0.29) is 17.3 Å². The van der Waals surface area contributed by atoms with Crippen molar-refractivity contribution in [3.63, 3.8) is 0 Å². The molecule has 0 radical (unpaired) electrons. The molecule has 106 valence electrons. The van der Waals surface area contributed by atoms with E-state index in [4.69, 9.17) is 4.74 Å². The van der Waals surface area contributed by atoms with E-state index in [2.05, 4.69) is 10.6 Å². The summed E-state index contributed by atoms with van der Waals surface area (Å²) < 4.78 is 18.1. The molecule has 1 aromatic rings. The zero-order valence-electron chi connectivity index (χ0n) is 12.0. The van der Waals surface area contributed by atoms with Crippen molar-refractivity contribution in [1.29, 1.82) is 0 Å². The number of benzene rings is 1. The lowest BCUT2D eigenvalue weighted by atomic mass is 10.1. The first-order chi connectivity index (χ1) is 8.73. The number of nitrogens with one attached hydrogen (secondary N) is 2. The van der Waals surface area contributed by atoms with E-state index in [9.17, 15) is 9.18 Å². The molecule has 2 N–H and O–H groups in total. The van der Waals surface area contributed by atoms with Crippen LogP contribution in [0.4, 0.5) is 10.1 Å². The third-order valence-corrected chi connectivity index (χ3v) is 2.43. The first-order valence-electron chi connectivity index (χ1n) is 6.15. The largest absolute Gasteiger partial charge is 0.494 e. The highest BCUT2D eigenvalue weighted by atomic mass is 19.1. The summed E-state index contributed by atoms with van der Waals surface area (Å²) in [6.07, 6.45) is 0. The van der Waals surface area contributed by atoms with Gasteiger partial charge in [-0.2, -0.15) is 0 Å². The minimum Gasteiger partial charge on any atom is -0.494 e. The highest BCUT2D eigenvalue weighted by Gasteiger charge is 2.20. The Morgan fingerprint density at radius 3 is 2.53 bits per heavy atom. The molecule has 1 aromatic carbocycles. The minimum atomic E-state index is -0.446. The van der Waals surface area contributed by atoms with Crippen molar-refractivity contribution in [2.24, 2.45) is 0 Å². The number of carbonyl (C=O) groups is 1. The van der Waals surface area contributed by atoms with E-state index in [1.54, 1.807) is 13.0 Å². The lowest BCUT2D eigenvalue weighted by Gasteiger charge is -2.24. The number of amides is 1. The maximum Gasteiger partial charge on any atom is 0.242 e. The quantitative estimate of drug-likeness (QED) is 0.882. The van der Waals surface area contributed by atoms with Crippen LogP contribution in [0.5, 0.6) is 5.75 Å². The van der Waals surface area contributed by atoms with E-state index in [1.807, 2.05) is 20.8 Å². The molecule has 19 heavy (non-hydrogen) atoms. The molecule has 0 fully saturated rings. The molecule has 1 unspecified atom stereocenters. The molecular weight excluding hydrogens is 247 g/mol. The number of hydrogen-bond acceptors (Lipinski definition) is 3. The maximum atomic E-state index is 13.1. The predicted octanol–water partition coefficient (Wildman–Crippen LogP) is 2.55. The summed E-state index contributed by atoms with van der Waals surface area (Å²) in [4.78, 5) is 11.9. The average Bonchev–Trinajstić information content (AvgIpc) is 2.29. The van der Waals surface area contributed by atoms with Crippen molar-refractivity contribution in [2.75, 3.05) is 12.4 Å². The minimum absolute atomic E-state index is 0.126. The molecular formula is C14H21FN2O2. The molecule has 0 aliphatic heterocycles. The van der Waals surface area contributed by atoms with E-state index in [0.29, 0.717) is 11.4 Å². The lowest BCUT2D eigenvalue weighted by molar-refractivity contribution is -0.122. The van der Waals surface area contributed by atoms with Crippen molar-refractivity contribution >= 4 is 11.6 Å². The van der Waals surface area contributed by atoms with Crippen LogP contribution in [0.25, 0.3) is 0 Å². The fraction of sp³-hybridized carbons (Fsp3) is 0.500. The second-order valence-corrected chi connectivity index (χ2v) is 5.45. The van der Waals surface area contributed by atoms with Gasteiger partial charge < -0.3 is 15.4 Å². The van der Waals surface area contributed by atoms with Crippen molar-refractivity contribution in [2.45, 2.75) is 39.3 Å². The molecule has 1 atom stereocenters. The van der Waals surface area contributed by atoms with Gasteiger partial charge in [0, 0.05) is 11.6 Å². The first-order valence-corrected chi connectivity index (χ1v) is 6.15. The molecule has 0 aliphatic carbocycles. The third-order valence-electron chi connectivity index (χ3n) is 2.43. The second-order valence-electron chi connectivity index (χ2n) is 5.45. The summed E-state index contributed by atoms with van der Waals surface area (Å²) in [7, 11) is 1.46. The summed E-state index contributed by atoms with van der Waals surface area (Å²) in [5.41, 5.74) is 0.292. The van der Waals surface area contributed by atoms with Crippen LogP contribution >= 0.6 is 0 Å². The fourth-order valence-corrected chi connectivity index (χ4v) is 1.56. The predicted molar refractivity (Wildman–Crippen MR) is 73.9 cm³/mol. The molecule has 0 bridgehead atoms. The Kier molecular flexibility index (Phi) is 4.75. The highest BCUT2D eigenvalue weighted by molar-refractivity contribution is 5.85. The molecule has 4 nitrogen and oxygen atoms in total. The number of anilines is 1. The van der Waals surface area contributed by atoms with Gasteiger partial charge in [-0.3, -0.25) is 4.79 Å². The monoisotopic (exact) mass is 268 g/mol. The van der Waals surface area contributed by atoms with Crippen LogP contribution in [0.15, 0.2) is 18.2 Å². The Hall–Kier alpha value is -1.78.